The van der Waals surface area contributed by atoms with Crippen molar-refractivity contribution < 1.29 is 19.4 Å². The molecule has 0 aromatic heterocycles. The second-order valence-electron chi connectivity index (χ2n) is 12.4. The van der Waals surface area contributed by atoms with Gasteiger partial charge in [0.25, 0.3) is 0 Å². The number of hydrogen-bond donors (Lipinski definition) is 3. The molecule has 232 valence electrons. The highest BCUT2D eigenvalue weighted by atomic mass is 16.5. The number of unbranched alkanes of at least 4 members (excludes halogenated alkanes) is 1. The molecule has 1 aliphatic heterocycles. The van der Waals surface area contributed by atoms with Crippen molar-refractivity contribution in [3.8, 4) is 5.75 Å². The normalized spacial score (nSPS) is 20.1. The number of para-hydroxylation sites is 1. The van der Waals surface area contributed by atoms with Gasteiger partial charge in [0.2, 0.25) is 0 Å². The van der Waals surface area contributed by atoms with E-state index in [0.717, 1.165) is 49.8 Å². The first-order chi connectivity index (χ1) is 20.5. The van der Waals surface area contributed by atoms with E-state index in [1.54, 1.807) is 7.11 Å². The first-order valence-corrected chi connectivity index (χ1v) is 16.2. The van der Waals surface area contributed by atoms with Crippen LogP contribution < -0.4 is 15.4 Å². The smallest absolute Gasteiger partial charge is 0.317 e. The molecule has 1 saturated heterocycles. The summed E-state index contributed by atoms with van der Waals surface area (Å²) in [4.78, 5) is 15.6. The fourth-order valence-corrected chi connectivity index (χ4v) is 6.97. The van der Waals surface area contributed by atoms with Gasteiger partial charge in [-0.1, -0.05) is 80.6 Å². The largest absolute Gasteiger partial charge is 0.489 e. The first-order valence-electron chi connectivity index (χ1n) is 16.2. The van der Waals surface area contributed by atoms with Crippen molar-refractivity contribution in [3.05, 3.63) is 65.7 Å². The number of ether oxygens (including phenoxy) is 2. The molecule has 2 amide bonds. The van der Waals surface area contributed by atoms with Crippen LogP contribution in [0.2, 0.25) is 0 Å². The lowest BCUT2D eigenvalue weighted by molar-refractivity contribution is -0.0581. The lowest BCUT2D eigenvalue weighted by Gasteiger charge is -2.43. The van der Waals surface area contributed by atoms with Crippen LogP contribution in [0.1, 0.15) is 81.8 Å². The van der Waals surface area contributed by atoms with Crippen LogP contribution in [0.4, 0.5) is 4.79 Å². The number of hydrogen-bond acceptors (Lipinski definition) is 5. The monoisotopic (exact) mass is 579 g/mol. The van der Waals surface area contributed by atoms with Crippen LogP contribution in [0, 0.1) is 11.8 Å². The van der Waals surface area contributed by atoms with Crippen molar-refractivity contribution >= 4 is 6.03 Å². The van der Waals surface area contributed by atoms with Gasteiger partial charge in [-0.3, -0.25) is 0 Å². The summed E-state index contributed by atoms with van der Waals surface area (Å²) >= 11 is 0. The van der Waals surface area contributed by atoms with Gasteiger partial charge in [0.15, 0.2) is 0 Å². The number of nitrogens with one attached hydrogen (secondary N) is 2. The van der Waals surface area contributed by atoms with Gasteiger partial charge >= 0.3 is 6.03 Å². The molecule has 4 rings (SSSR count). The van der Waals surface area contributed by atoms with Crippen LogP contribution in [-0.4, -0.2) is 62.5 Å². The number of carbonyl (C=O) groups excluding carboxylic acids is 1. The number of urea groups is 1. The Morgan fingerprint density at radius 3 is 2.55 bits per heavy atom. The molecule has 2 fully saturated rings. The zero-order valence-corrected chi connectivity index (χ0v) is 25.9. The van der Waals surface area contributed by atoms with E-state index in [-0.39, 0.29) is 18.0 Å². The van der Waals surface area contributed by atoms with Gasteiger partial charge < -0.3 is 30.1 Å². The molecule has 0 bridgehead atoms. The van der Waals surface area contributed by atoms with Crippen molar-refractivity contribution in [1.29, 1.82) is 0 Å². The lowest BCUT2D eigenvalue weighted by atomic mass is 9.73. The minimum atomic E-state index is -1.12. The fraction of sp³-hybridized carbons (Fsp3) is 0.629. The highest BCUT2D eigenvalue weighted by Crippen LogP contribution is 2.43. The number of piperidine rings is 1. The van der Waals surface area contributed by atoms with Gasteiger partial charge in [-0.25, -0.2) is 4.79 Å². The molecular formula is C35H53N3O4. The third-order valence-electron chi connectivity index (χ3n) is 9.25. The minimum absolute atomic E-state index is 0.00824. The van der Waals surface area contributed by atoms with Crippen LogP contribution in [0.15, 0.2) is 54.6 Å². The molecule has 0 radical (unpaired) electrons. The lowest BCUT2D eigenvalue weighted by Crippen LogP contribution is -2.54. The Morgan fingerprint density at radius 1 is 1.02 bits per heavy atom. The quantitative estimate of drug-likeness (QED) is 0.217. The molecule has 7 nitrogen and oxygen atoms in total. The molecule has 1 saturated carbocycles. The topological polar surface area (TPSA) is 83.1 Å². The van der Waals surface area contributed by atoms with Gasteiger partial charge in [0.1, 0.15) is 12.4 Å². The number of nitrogens with zero attached hydrogens (tertiary/aromatic N) is 1. The number of likely N-dealkylation sites (tertiary alicyclic amines) is 1. The summed E-state index contributed by atoms with van der Waals surface area (Å²) in [7, 11) is 3.67. The maximum atomic E-state index is 13.6. The molecule has 1 unspecified atom stereocenters. The first kappa shape index (κ1) is 32.3. The summed E-state index contributed by atoms with van der Waals surface area (Å²) < 4.78 is 11.6. The average molecular weight is 580 g/mol. The highest BCUT2D eigenvalue weighted by molar-refractivity contribution is 5.74. The molecule has 0 spiro atoms. The molecule has 42 heavy (non-hydrogen) atoms. The van der Waals surface area contributed by atoms with Crippen LogP contribution >= 0.6 is 0 Å². The SMILES string of the molecule is CNCC(CC1CCCCC1)NC(=O)N1CCC[C@@H]([C@@](O)(CCCCOC)c2ccccc2OCc2ccccc2)C1. The third kappa shape index (κ3) is 9.19. The standard InChI is InChI=1S/C35H53N3O4/c1-36-25-31(24-28-14-5-3-6-15-28)37-34(39)38-22-13-18-30(26-38)35(40,21-11-12-23-41-2)32-19-9-10-20-33(32)42-27-29-16-7-4-8-17-29/h4,7-10,16-17,19-20,28,30-31,36,40H,3,5-6,11-15,18,21-27H2,1-2H3,(H,37,39)/t30-,31?,35+/m1/s1. The number of methoxy groups -OCH3 is 1. The molecular weight excluding hydrogens is 526 g/mol. The predicted octanol–water partition coefficient (Wildman–Crippen LogP) is 6.25. The van der Waals surface area contributed by atoms with E-state index in [2.05, 4.69) is 10.6 Å². The molecule has 2 aromatic rings. The molecule has 1 heterocycles. The molecule has 7 heteroatoms. The predicted molar refractivity (Wildman–Crippen MR) is 169 cm³/mol. The highest BCUT2D eigenvalue weighted by Gasteiger charge is 2.43. The molecule has 2 aliphatic rings. The van der Waals surface area contributed by atoms with Crippen molar-refractivity contribution in [1.82, 2.24) is 15.5 Å². The minimum Gasteiger partial charge on any atom is -0.489 e. The van der Waals surface area contributed by atoms with E-state index >= 15 is 0 Å². The van der Waals surface area contributed by atoms with E-state index in [0.29, 0.717) is 44.4 Å². The summed E-state index contributed by atoms with van der Waals surface area (Å²) in [6.07, 6.45) is 11.5. The van der Waals surface area contributed by atoms with Gasteiger partial charge in [-0.05, 0) is 63.1 Å². The third-order valence-corrected chi connectivity index (χ3v) is 9.25. The summed E-state index contributed by atoms with van der Waals surface area (Å²) in [5.74, 6) is 1.30. The number of rotatable bonds is 15. The van der Waals surface area contributed by atoms with Crippen LogP contribution in [0.5, 0.6) is 5.75 Å². The molecule has 3 N–H and O–H groups in total. The van der Waals surface area contributed by atoms with E-state index < -0.39 is 5.60 Å². The van der Waals surface area contributed by atoms with E-state index in [1.807, 2.05) is 66.5 Å². The Bertz CT molecular complexity index is 1060. The van der Waals surface area contributed by atoms with Gasteiger partial charge in [-0.15, -0.1) is 0 Å². The summed E-state index contributed by atoms with van der Waals surface area (Å²) in [5, 5.41) is 19.2. The van der Waals surface area contributed by atoms with Gasteiger partial charge in [0.05, 0.1) is 5.60 Å². The zero-order chi connectivity index (χ0) is 29.6. The Balaban J connectivity index is 1.49. The number of carbonyl (C=O) groups is 1. The number of aliphatic hydroxyl groups is 1. The zero-order valence-electron chi connectivity index (χ0n) is 25.9. The van der Waals surface area contributed by atoms with Gasteiger partial charge in [0, 0.05) is 50.9 Å². The number of amides is 2. The van der Waals surface area contributed by atoms with Gasteiger partial charge in [-0.2, -0.15) is 0 Å². The second-order valence-corrected chi connectivity index (χ2v) is 12.4. The van der Waals surface area contributed by atoms with E-state index in [4.69, 9.17) is 9.47 Å². The van der Waals surface area contributed by atoms with E-state index in [1.165, 1.54) is 32.1 Å². The Morgan fingerprint density at radius 2 is 1.79 bits per heavy atom. The molecule has 3 atom stereocenters. The van der Waals surface area contributed by atoms with Crippen molar-refractivity contribution in [3.63, 3.8) is 0 Å². The van der Waals surface area contributed by atoms with Crippen LogP contribution in [0.3, 0.4) is 0 Å². The Kier molecular flexibility index (Phi) is 13.0. The second kappa shape index (κ2) is 16.9. The van der Waals surface area contributed by atoms with Crippen LogP contribution in [-0.2, 0) is 16.9 Å². The summed E-state index contributed by atoms with van der Waals surface area (Å²) in [6.45, 7) is 3.11. The maximum Gasteiger partial charge on any atom is 0.317 e. The number of likely N-dealkylation sites (N-methyl/N-ethyl adjacent to an activating group) is 1. The molecule has 1 aliphatic carbocycles. The Labute approximate surface area is 253 Å². The van der Waals surface area contributed by atoms with Crippen LogP contribution in [0.25, 0.3) is 0 Å². The Hall–Kier alpha value is -2.61. The summed E-state index contributed by atoms with van der Waals surface area (Å²) in [6, 6.07) is 18.1. The van der Waals surface area contributed by atoms with E-state index in [9.17, 15) is 9.90 Å². The molecule has 2 aromatic carbocycles. The maximum absolute atomic E-state index is 13.6. The average Bonchev–Trinajstić information content (AvgIpc) is 3.03. The van der Waals surface area contributed by atoms with Crippen molar-refractivity contribution in [2.45, 2.75) is 88.9 Å². The fourth-order valence-electron chi connectivity index (χ4n) is 6.97. The number of benzene rings is 2. The summed E-state index contributed by atoms with van der Waals surface area (Å²) in [5.41, 5.74) is 0.781. The van der Waals surface area contributed by atoms with Crippen molar-refractivity contribution in [2.24, 2.45) is 11.8 Å². The van der Waals surface area contributed by atoms with Crippen molar-refractivity contribution in [2.75, 3.05) is 40.4 Å².